The lowest BCUT2D eigenvalue weighted by molar-refractivity contribution is -0.139. The summed E-state index contributed by atoms with van der Waals surface area (Å²) in [5, 5.41) is 2.70. The van der Waals surface area contributed by atoms with Gasteiger partial charge in [-0.1, -0.05) is 12.1 Å². The fourth-order valence-electron chi connectivity index (χ4n) is 4.14. The number of ether oxygens (including phenoxy) is 1. The molecule has 4 rings (SSSR count). The van der Waals surface area contributed by atoms with Crippen molar-refractivity contribution in [3.8, 4) is 0 Å². The number of benzene rings is 2. The van der Waals surface area contributed by atoms with Gasteiger partial charge < -0.3 is 15.0 Å². The summed E-state index contributed by atoms with van der Waals surface area (Å²) in [6.45, 7) is 2.78. The molecule has 2 aromatic carbocycles. The highest BCUT2D eigenvalue weighted by atomic mass is 32.2. The van der Waals surface area contributed by atoms with Crippen molar-refractivity contribution in [2.45, 2.75) is 30.0 Å². The van der Waals surface area contributed by atoms with E-state index in [0.717, 1.165) is 41.3 Å². The molecule has 0 spiro atoms. The fraction of sp³-hybridized carbons (Fsp3) is 0.409. The first-order chi connectivity index (χ1) is 15.7. The summed E-state index contributed by atoms with van der Waals surface area (Å²) in [7, 11) is -4.53. The molecule has 2 aromatic rings. The molecule has 7 nitrogen and oxygen atoms in total. The molecule has 1 N–H and O–H groups in total. The summed E-state index contributed by atoms with van der Waals surface area (Å²) >= 11 is 0. The molecule has 2 heterocycles. The van der Waals surface area contributed by atoms with E-state index in [-0.39, 0.29) is 13.0 Å². The van der Waals surface area contributed by atoms with Crippen molar-refractivity contribution in [2.24, 2.45) is 0 Å². The number of rotatable bonds is 5. The van der Waals surface area contributed by atoms with E-state index in [1.807, 2.05) is 12.1 Å². The monoisotopic (exact) mass is 483 g/mol. The van der Waals surface area contributed by atoms with E-state index in [1.54, 1.807) is 12.1 Å². The molecule has 2 fully saturated rings. The molecule has 11 heteroatoms. The minimum atomic E-state index is -4.83. The van der Waals surface area contributed by atoms with Gasteiger partial charge in [-0.15, -0.1) is 0 Å². The Balaban J connectivity index is 1.51. The quantitative estimate of drug-likeness (QED) is 0.706. The number of morpholine rings is 1. The third-order valence-corrected chi connectivity index (χ3v) is 7.76. The number of nitrogens with zero attached hydrogens (tertiary/aromatic N) is 2. The summed E-state index contributed by atoms with van der Waals surface area (Å²) in [5.41, 5.74) is 0.219. The van der Waals surface area contributed by atoms with Crippen LogP contribution in [0, 0.1) is 0 Å². The smallest absolute Gasteiger partial charge is 0.378 e. The largest absolute Gasteiger partial charge is 0.417 e. The molecule has 1 atom stereocenters. The SMILES string of the molecule is O=C(Nc1ccc(N2CCOCC2)cc1)C1CCCN1S(=O)(=O)c1ccccc1C(F)(F)F. The summed E-state index contributed by atoms with van der Waals surface area (Å²) in [4.78, 5) is 14.2. The van der Waals surface area contributed by atoms with Crippen molar-refractivity contribution in [3.05, 3.63) is 54.1 Å². The zero-order chi connectivity index (χ0) is 23.6. The second kappa shape index (κ2) is 9.32. The molecule has 0 radical (unpaired) electrons. The minimum Gasteiger partial charge on any atom is -0.378 e. The van der Waals surface area contributed by atoms with Gasteiger partial charge in [0.05, 0.1) is 23.7 Å². The summed E-state index contributed by atoms with van der Waals surface area (Å²) in [5.74, 6) is -0.570. The van der Waals surface area contributed by atoms with Gasteiger partial charge in [-0.3, -0.25) is 4.79 Å². The highest BCUT2D eigenvalue weighted by molar-refractivity contribution is 7.89. The van der Waals surface area contributed by atoms with Crippen LogP contribution in [0.1, 0.15) is 18.4 Å². The van der Waals surface area contributed by atoms with Crippen LogP contribution >= 0.6 is 0 Å². The van der Waals surface area contributed by atoms with Crippen LogP contribution in [-0.4, -0.2) is 57.5 Å². The molecule has 0 saturated carbocycles. The van der Waals surface area contributed by atoms with Crippen LogP contribution in [0.4, 0.5) is 24.5 Å². The standard InChI is InChI=1S/C22H24F3N3O4S/c23-22(24,25)18-4-1-2-6-20(18)33(30,31)28-11-3-5-19(28)21(29)26-16-7-9-17(10-8-16)27-12-14-32-15-13-27/h1-2,4,6-10,19H,3,5,11-15H2,(H,26,29). The summed E-state index contributed by atoms with van der Waals surface area (Å²) in [6, 6.07) is 10.1. The molecule has 2 aliphatic rings. The van der Waals surface area contributed by atoms with Gasteiger partial charge in [-0.25, -0.2) is 8.42 Å². The van der Waals surface area contributed by atoms with Gasteiger partial charge in [0.15, 0.2) is 0 Å². The van der Waals surface area contributed by atoms with E-state index >= 15 is 0 Å². The molecule has 2 saturated heterocycles. The van der Waals surface area contributed by atoms with Gasteiger partial charge in [0.1, 0.15) is 6.04 Å². The van der Waals surface area contributed by atoms with Crippen molar-refractivity contribution in [1.29, 1.82) is 0 Å². The van der Waals surface area contributed by atoms with Gasteiger partial charge in [0.2, 0.25) is 15.9 Å². The number of sulfonamides is 1. The van der Waals surface area contributed by atoms with Crippen molar-refractivity contribution >= 4 is 27.3 Å². The fourth-order valence-corrected chi connectivity index (χ4v) is 6.02. The van der Waals surface area contributed by atoms with Crippen LogP contribution < -0.4 is 10.2 Å². The van der Waals surface area contributed by atoms with Crippen molar-refractivity contribution < 1.29 is 31.1 Å². The van der Waals surface area contributed by atoms with Crippen LogP contribution in [0.15, 0.2) is 53.4 Å². The highest BCUT2D eigenvalue weighted by Gasteiger charge is 2.44. The van der Waals surface area contributed by atoms with Gasteiger partial charge in [-0.2, -0.15) is 17.5 Å². The highest BCUT2D eigenvalue weighted by Crippen LogP contribution is 2.37. The number of anilines is 2. The van der Waals surface area contributed by atoms with Crippen LogP contribution in [0.2, 0.25) is 0 Å². The number of hydrogen-bond donors (Lipinski definition) is 1. The van der Waals surface area contributed by atoms with Gasteiger partial charge in [-0.05, 0) is 49.2 Å². The number of halogens is 3. The van der Waals surface area contributed by atoms with Crippen LogP contribution in [0.5, 0.6) is 0 Å². The molecular weight excluding hydrogens is 459 g/mol. The van der Waals surface area contributed by atoms with Gasteiger partial charge >= 0.3 is 6.18 Å². The Morgan fingerprint density at radius 1 is 1.00 bits per heavy atom. The Kier molecular flexibility index (Phi) is 6.64. The summed E-state index contributed by atoms with van der Waals surface area (Å²) in [6.07, 6.45) is -4.23. The van der Waals surface area contributed by atoms with E-state index in [0.29, 0.717) is 25.3 Å². The van der Waals surface area contributed by atoms with E-state index in [2.05, 4.69) is 10.2 Å². The maximum absolute atomic E-state index is 13.4. The number of amides is 1. The Morgan fingerprint density at radius 3 is 2.33 bits per heavy atom. The molecule has 1 amide bonds. The van der Waals surface area contributed by atoms with Crippen LogP contribution in [0.25, 0.3) is 0 Å². The molecule has 1 unspecified atom stereocenters. The number of nitrogens with one attached hydrogen (secondary N) is 1. The molecule has 33 heavy (non-hydrogen) atoms. The van der Waals surface area contributed by atoms with Gasteiger partial charge in [0, 0.05) is 31.0 Å². The zero-order valence-corrected chi connectivity index (χ0v) is 18.5. The number of hydrogen-bond acceptors (Lipinski definition) is 5. The first kappa shape index (κ1) is 23.5. The molecule has 178 valence electrons. The molecule has 0 aliphatic carbocycles. The number of carbonyl (C=O) groups excluding carboxylic acids is 1. The van der Waals surface area contributed by atoms with Crippen molar-refractivity contribution in [2.75, 3.05) is 43.1 Å². The first-order valence-corrected chi connectivity index (χ1v) is 12.0. The maximum atomic E-state index is 13.4. The second-order valence-electron chi connectivity index (χ2n) is 7.90. The zero-order valence-electron chi connectivity index (χ0n) is 17.7. The molecule has 0 bridgehead atoms. The van der Waals surface area contributed by atoms with Crippen LogP contribution in [0.3, 0.4) is 0 Å². The third kappa shape index (κ3) is 4.99. The Labute approximate surface area is 190 Å². The first-order valence-electron chi connectivity index (χ1n) is 10.6. The van der Waals surface area contributed by atoms with Gasteiger partial charge in [0.25, 0.3) is 0 Å². The third-order valence-electron chi connectivity index (χ3n) is 5.80. The van der Waals surface area contributed by atoms with Crippen LogP contribution in [-0.2, 0) is 25.7 Å². The lowest BCUT2D eigenvalue weighted by atomic mass is 10.2. The average Bonchev–Trinajstić information content (AvgIpc) is 3.31. The minimum absolute atomic E-state index is 0.0252. The lowest BCUT2D eigenvalue weighted by Crippen LogP contribution is -2.43. The predicted molar refractivity (Wildman–Crippen MR) is 116 cm³/mol. The normalized spacial score (nSPS) is 20.1. The molecule has 0 aromatic heterocycles. The topological polar surface area (TPSA) is 79.0 Å². The predicted octanol–water partition coefficient (Wildman–Crippen LogP) is 3.33. The van der Waals surface area contributed by atoms with E-state index in [4.69, 9.17) is 4.74 Å². The molecule has 2 aliphatic heterocycles. The maximum Gasteiger partial charge on any atom is 0.417 e. The average molecular weight is 484 g/mol. The number of alkyl halides is 3. The Hall–Kier alpha value is -2.63. The van der Waals surface area contributed by atoms with E-state index in [1.165, 1.54) is 6.07 Å². The Morgan fingerprint density at radius 2 is 1.67 bits per heavy atom. The van der Waals surface area contributed by atoms with Crippen molar-refractivity contribution in [3.63, 3.8) is 0 Å². The van der Waals surface area contributed by atoms with E-state index in [9.17, 15) is 26.4 Å². The lowest BCUT2D eigenvalue weighted by Gasteiger charge is -2.29. The number of carbonyl (C=O) groups is 1. The van der Waals surface area contributed by atoms with E-state index < -0.39 is 38.6 Å². The van der Waals surface area contributed by atoms with Crippen molar-refractivity contribution in [1.82, 2.24) is 4.31 Å². The molecular formula is C22H24F3N3O4S. The second-order valence-corrected chi connectivity index (χ2v) is 9.76. The Bertz CT molecular complexity index is 1100. The summed E-state index contributed by atoms with van der Waals surface area (Å²) < 4.78 is 72.7.